The minimum absolute atomic E-state index is 0.0156. The lowest BCUT2D eigenvalue weighted by molar-refractivity contribution is 0.0877. The van der Waals surface area contributed by atoms with Crippen LogP contribution in [0, 0.1) is 0 Å². The molecule has 0 fully saturated rings. The second kappa shape index (κ2) is 16.2. The van der Waals surface area contributed by atoms with Crippen LogP contribution < -0.4 is 19.3 Å². The Bertz CT molecular complexity index is 3420. The van der Waals surface area contributed by atoms with E-state index in [0.29, 0.717) is 77.1 Å². The van der Waals surface area contributed by atoms with Gasteiger partial charge in [0.05, 0.1) is 22.5 Å². The van der Waals surface area contributed by atoms with Gasteiger partial charge in [0.25, 0.3) is 23.6 Å². The zero-order chi connectivity index (χ0) is 49.2. The number of hydrogen-bond acceptors (Lipinski definition) is 8. The minimum Gasteiger partial charge on any atom is -0.508 e. The van der Waals surface area contributed by atoms with Gasteiger partial charge in [0.1, 0.15) is 34.5 Å². The highest BCUT2D eigenvalue weighted by Crippen LogP contribution is 2.54. The quantitative estimate of drug-likeness (QED) is 0.0787. The van der Waals surface area contributed by atoms with Crippen molar-refractivity contribution < 1.29 is 38.9 Å². The highest BCUT2D eigenvalue weighted by Gasteiger charge is 2.42. The van der Waals surface area contributed by atoms with Crippen LogP contribution in [-0.4, -0.2) is 33.8 Å². The second-order valence-electron chi connectivity index (χ2n) is 19.7. The molecule has 0 spiro atoms. The lowest BCUT2D eigenvalue weighted by Gasteiger charge is -2.34. The molecule has 0 unspecified atom stereocenters. The predicted molar refractivity (Wildman–Crippen MR) is 276 cm³/mol. The summed E-state index contributed by atoms with van der Waals surface area (Å²) in [6, 6.07) is 34.9. The molecule has 10 heteroatoms. The number of anilines is 2. The molecule has 2 aliphatic heterocycles. The van der Waals surface area contributed by atoms with E-state index >= 15 is 19.2 Å². The molecule has 0 saturated heterocycles. The van der Waals surface area contributed by atoms with Crippen LogP contribution in [0.4, 0.5) is 11.4 Å². The number of imide groups is 2. The summed E-state index contributed by atoms with van der Waals surface area (Å²) < 4.78 is 13.6. The summed E-state index contributed by atoms with van der Waals surface area (Å²) in [5.41, 5.74) is 5.72. The summed E-state index contributed by atoms with van der Waals surface area (Å²) in [6.45, 7) is 16.4. The third-order valence-corrected chi connectivity index (χ3v) is 14.0. The molecule has 0 atom stereocenters. The fourth-order valence-electron chi connectivity index (χ4n) is 10.8. The van der Waals surface area contributed by atoms with Crippen LogP contribution in [0.15, 0.2) is 121 Å². The molecule has 2 heterocycles. The molecule has 0 radical (unpaired) electrons. The summed E-state index contributed by atoms with van der Waals surface area (Å²) in [4.78, 5) is 64.2. The summed E-state index contributed by atoms with van der Waals surface area (Å²) in [5, 5.41) is 24.8. The number of nitrogens with zero attached hydrogens (tertiary/aromatic N) is 2. The maximum absolute atomic E-state index is 15.5. The maximum Gasteiger partial charge on any atom is 0.266 e. The summed E-state index contributed by atoms with van der Waals surface area (Å²) in [6.07, 6.45) is 0. The molecule has 9 aromatic carbocycles. The fourth-order valence-corrected chi connectivity index (χ4v) is 10.8. The SMILES string of the molecule is CC(C)c1cccc(C(C)C)c1N1C(=O)c2ccc3c4c(Oc5ccc(O)cc5)cc5c6c(ccc(c7c(Oc8ccc(O)cc8)cc(c2c37)C1=O)c64)C(=O)N(c1c(C(C)C)cccc1C(C)C)C5=O. The molecule has 0 saturated carbocycles. The Balaban J connectivity index is 1.27. The minimum atomic E-state index is -0.512. The molecule has 0 aliphatic carbocycles. The number of carbonyl (C=O) groups is 4. The van der Waals surface area contributed by atoms with Gasteiger partial charge in [-0.1, -0.05) is 104 Å². The number of phenolic OH excluding ortho intramolecular Hbond substituents is 2. The number of para-hydroxylation sites is 2. The lowest BCUT2D eigenvalue weighted by Crippen LogP contribution is -2.42. The van der Waals surface area contributed by atoms with Crippen LogP contribution in [-0.2, 0) is 0 Å². The molecule has 4 amide bonds. The maximum atomic E-state index is 15.5. The van der Waals surface area contributed by atoms with Crippen LogP contribution in [0.25, 0.3) is 43.1 Å². The molecule has 0 bridgehead atoms. The van der Waals surface area contributed by atoms with Gasteiger partial charge in [-0.3, -0.25) is 19.2 Å². The van der Waals surface area contributed by atoms with Crippen LogP contribution in [0.2, 0.25) is 0 Å². The smallest absolute Gasteiger partial charge is 0.266 e. The molecular formula is C60H50N2O8. The van der Waals surface area contributed by atoms with Gasteiger partial charge >= 0.3 is 0 Å². The number of hydrogen-bond donors (Lipinski definition) is 2. The first kappa shape index (κ1) is 44.3. The molecule has 9 aromatic rings. The third kappa shape index (κ3) is 6.53. The largest absolute Gasteiger partial charge is 0.508 e. The Kier molecular flexibility index (Phi) is 10.2. The summed E-state index contributed by atoms with van der Waals surface area (Å²) in [7, 11) is 0. The standard InChI is InChI=1S/C60H50N2O8/c1-29(2)37-11-9-12-38(30(3)4)55(37)61-57(65)43-25-23-41-52-48(70-36-21-17-34(64)18-22-36)28-46-50-44(58(66)62(60(46)68)56-39(31(5)6)13-10-14-40(56)32(7)8)26-24-42(54(50)52)51-47(69-35-19-15-33(63)16-20-35)27-45(59(61)67)49(43)53(41)51/h9-32,63-64H,1-8H3. The van der Waals surface area contributed by atoms with Gasteiger partial charge < -0.3 is 19.7 Å². The average molecular weight is 927 g/mol. The summed E-state index contributed by atoms with van der Waals surface area (Å²) >= 11 is 0. The van der Waals surface area contributed by atoms with E-state index in [2.05, 4.69) is 0 Å². The van der Waals surface area contributed by atoms with Gasteiger partial charge in [-0.2, -0.15) is 0 Å². The van der Waals surface area contributed by atoms with E-state index in [1.165, 1.54) is 34.1 Å². The van der Waals surface area contributed by atoms with E-state index in [4.69, 9.17) is 9.47 Å². The molecule has 348 valence electrons. The highest BCUT2D eigenvalue weighted by molar-refractivity contribution is 6.46. The zero-order valence-electron chi connectivity index (χ0n) is 40.1. The van der Waals surface area contributed by atoms with Crippen molar-refractivity contribution in [3.05, 3.63) is 166 Å². The first-order chi connectivity index (χ1) is 33.5. The van der Waals surface area contributed by atoms with Gasteiger partial charge in [0.2, 0.25) is 0 Å². The molecular weight excluding hydrogens is 877 g/mol. The number of fused-ring (bicyclic) bond motifs is 2. The van der Waals surface area contributed by atoms with Crippen molar-refractivity contribution >= 4 is 78.1 Å². The van der Waals surface area contributed by atoms with Crippen molar-refractivity contribution in [2.24, 2.45) is 0 Å². The fraction of sp³-hybridized carbons (Fsp3) is 0.200. The van der Waals surface area contributed by atoms with E-state index < -0.39 is 23.6 Å². The van der Waals surface area contributed by atoms with Gasteiger partial charge in [0, 0.05) is 43.4 Å². The first-order valence-electron chi connectivity index (χ1n) is 23.8. The van der Waals surface area contributed by atoms with Gasteiger partial charge in [0.15, 0.2) is 0 Å². The van der Waals surface area contributed by atoms with E-state index in [9.17, 15) is 10.2 Å². The van der Waals surface area contributed by atoms with E-state index in [-0.39, 0.29) is 57.8 Å². The van der Waals surface area contributed by atoms with Gasteiger partial charge in [-0.25, -0.2) is 9.80 Å². The summed E-state index contributed by atoms with van der Waals surface area (Å²) in [5.74, 6) is -0.627. The van der Waals surface area contributed by atoms with Crippen LogP contribution in [0.3, 0.4) is 0 Å². The molecule has 10 nitrogen and oxygen atoms in total. The number of carbonyl (C=O) groups excluding carboxylic acids is 4. The van der Waals surface area contributed by atoms with E-state index in [0.717, 1.165) is 22.3 Å². The topological polar surface area (TPSA) is 134 Å². The van der Waals surface area contributed by atoms with Crippen LogP contribution >= 0.6 is 0 Å². The Morgan fingerprint density at radius 2 is 0.686 bits per heavy atom. The number of aromatic hydroxyl groups is 2. The van der Waals surface area contributed by atoms with Crippen molar-refractivity contribution in [3.63, 3.8) is 0 Å². The second-order valence-corrected chi connectivity index (χ2v) is 19.7. The highest BCUT2D eigenvalue weighted by atomic mass is 16.5. The average Bonchev–Trinajstić information content (AvgIpc) is 3.33. The van der Waals surface area contributed by atoms with E-state index in [1.54, 1.807) is 48.5 Å². The molecule has 11 rings (SSSR count). The Hall–Kier alpha value is -8.24. The van der Waals surface area contributed by atoms with Crippen molar-refractivity contribution in [2.75, 3.05) is 9.80 Å². The zero-order valence-corrected chi connectivity index (χ0v) is 40.1. The van der Waals surface area contributed by atoms with Crippen molar-refractivity contribution in [1.29, 1.82) is 0 Å². The Morgan fingerprint density at radius 1 is 0.371 bits per heavy atom. The Morgan fingerprint density at radius 3 is 1.00 bits per heavy atom. The number of rotatable bonds is 10. The van der Waals surface area contributed by atoms with Crippen LogP contribution in [0.1, 0.15) is 143 Å². The molecule has 0 aromatic heterocycles. The van der Waals surface area contributed by atoms with Crippen molar-refractivity contribution in [1.82, 2.24) is 0 Å². The molecule has 2 aliphatic rings. The normalized spacial score (nSPS) is 13.8. The van der Waals surface area contributed by atoms with Crippen LogP contribution in [0.5, 0.6) is 34.5 Å². The lowest BCUT2D eigenvalue weighted by atomic mass is 9.80. The van der Waals surface area contributed by atoms with Gasteiger partial charge in [-0.05, 0) is 129 Å². The first-order valence-corrected chi connectivity index (χ1v) is 23.8. The van der Waals surface area contributed by atoms with E-state index in [1.807, 2.05) is 104 Å². The van der Waals surface area contributed by atoms with Crippen molar-refractivity contribution in [2.45, 2.75) is 79.1 Å². The molecule has 70 heavy (non-hydrogen) atoms. The predicted octanol–water partition coefficient (Wildman–Crippen LogP) is 14.8. The Labute approximate surface area is 404 Å². The monoisotopic (exact) mass is 926 g/mol. The molecule has 2 N–H and O–H groups in total. The number of amides is 4. The number of ether oxygens (including phenoxy) is 2. The van der Waals surface area contributed by atoms with Crippen molar-refractivity contribution in [3.8, 4) is 34.5 Å². The third-order valence-electron chi connectivity index (χ3n) is 14.0. The number of benzene rings is 9. The number of phenols is 2. The van der Waals surface area contributed by atoms with Gasteiger partial charge in [-0.15, -0.1) is 0 Å².